The number of aromatic nitrogens is 1. The van der Waals surface area contributed by atoms with Gasteiger partial charge in [0.15, 0.2) is 11.5 Å². The summed E-state index contributed by atoms with van der Waals surface area (Å²) >= 11 is 0. The van der Waals surface area contributed by atoms with Crippen molar-refractivity contribution < 1.29 is 19.3 Å². The van der Waals surface area contributed by atoms with Crippen LogP contribution in [0.25, 0.3) is 0 Å². The van der Waals surface area contributed by atoms with Gasteiger partial charge in [-0.15, -0.1) is 0 Å². The average Bonchev–Trinajstić information content (AvgIpc) is 2.93. The van der Waals surface area contributed by atoms with Crippen molar-refractivity contribution in [1.29, 1.82) is 0 Å². The molecule has 1 aliphatic heterocycles. The van der Waals surface area contributed by atoms with Gasteiger partial charge in [-0.1, -0.05) is 6.07 Å². The fourth-order valence-corrected chi connectivity index (χ4v) is 2.20. The van der Waals surface area contributed by atoms with Gasteiger partial charge in [0, 0.05) is 11.8 Å². The first-order valence-corrected chi connectivity index (χ1v) is 6.82. The second kappa shape index (κ2) is 5.61. The molecule has 0 saturated carbocycles. The lowest BCUT2D eigenvalue weighted by Crippen LogP contribution is -2.07. The molecule has 0 spiro atoms. The number of pyridine rings is 1. The molecule has 1 unspecified atom stereocenters. The third kappa shape index (κ3) is 2.92. The fourth-order valence-electron chi connectivity index (χ4n) is 2.20. The summed E-state index contributed by atoms with van der Waals surface area (Å²) in [5.41, 5.74) is 1.40. The number of aliphatic hydroxyl groups excluding tert-OH is 1. The Labute approximate surface area is 123 Å². The first-order valence-electron chi connectivity index (χ1n) is 6.82. The molecule has 5 heteroatoms. The average molecular weight is 287 g/mol. The second-order valence-electron chi connectivity index (χ2n) is 5.14. The summed E-state index contributed by atoms with van der Waals surface area (Å²) in [6.45, 7) is 4.11. The van der Waals surface area contributed by atoms with Crippen LogP contribution in [0.15, 0.2) is 36.7 Å². The van der Waals surface area contributed by atoms with Crippen molar-refractivity contribution in [3.63, 3.8) is 0 Å². The van der Waals surface area contributed by atoms with Crippen molar-refractivity contribution in [3.05, 3.63) is 47.8 Å². The Morgan fingerprint density at radius 2 is 1.90 bits per heavy atom. The molecule has 0 fully saturated rings. The van der Waals surface area contributed by atoms with Crippen LogP contribution in [-0.2, 0) is 0 Å². The van der Waals surface area contributed by atoms with Crippen LogP contribution >= 0.6 is 0 Å². The molecule has 0 radical (unpaired) electrons. The lowest BCUT2D eigenvalue weighted by Gasteiger charge is -2.14. The number of aliphatic hydroxyl groups is 1. The maximum atomic E-state index is 10.5. The van der Waals surface area contributed by atoms with E-state index >= 15 is 0 Å². The molecular formula is C16H17NO4. The zero-order chi connectivity index (χ0) is 14.8. The van der Waals surface area contributed by atoms with Gasteiger partial charge < -0.3 is 19.3 Å². The number of hydrogen-bond acceptors (Lipinski definition) is 5. The number of ether oxygens (including phenoxy) is 3. The first kappa shape index (κ1) is 13.7. The lowest BCUT2D eigenvalue weighted by molar-refractivity contribution is 0.173. The molecule has 1 aromatic heterocycles. The van der Waals surface area contributed by atoms with Crippen molar-refractivity contribution in [2.75, 3.05) is 6.79 Å². The quantitative estimate of drug-likeness (QED) is 0.936. The summed E-state index contributed by atoms with van der Waals surface area (Å²) in [5, 5.41) is 10.5. The van der Waals surface area contributed by atoms with Crippen molar-refractivity contribution >= 4 is 0 Å². The van der Waals surface area contributed by atoms with Gasteiger partial charge in [-0.3, -0.25) is 4.98 Å². The minimum atomic E-state index is -0.789. The predicted octanol–water partition coefficient (Wildman–Crippen LogP) is 2.68. The molecule has 0 aliphatic carbocycles. The molecule has 5 nitrogen and oxygen atoms in total. The number of fused-ring (bicyclic) bond motifs is 1. The van der Waals surface area contributed by atoms with E-state index in [1.807, 2.05) is 19.9 Å². The normalized spacial score (nSPS) is 14.3. The van der Waals surface area contributed by atoms with E-state index in [1.165, 1.54) is 0 Å². The third-order valence-electron chi connectivity index (χ3n) is 3.13. The van der Waals surface area contributed by atoms with Crippen molar-refractivity contribution in [2.24, 2.45) is 0 Å². The van der Waals surface area contributed by atoms with Gasteiger partial charge >= 0.3 is 0 Å². The molecule has 1 N–H and O–H groups in total. The van der Waals surface area contributed by atoms with E-state index in [0.717, 1.165) is 5.56 Å². The second-order valence-corrected chi connectivity index (χ2v) is 5.14. The summed E-state index contributed by atoms with van der Waals surface area (Å²) < 4.78 is 16.2. The molecule has 110 valence electrons. The summed E-state index contributed by atoms with van der Waals surface area (Å²) in [6, 6.07) is 7.18. The Morgan fingerprint density at radius 3 is 2.71 bits per heavy atom. The Hall–Kier alpha value is -2.27. The SMILES string of the molecule is CC(C)Oc1cncc(C(O)c2ccc3c(c2)OCO3)c1. The van der Waals surface area contributed by atoms with E-state index in [4.69, 9.17) is 14.2 Å². The largest absolute Gasteiger partial charge is 0.489 e. The van der Waals surface area contributed by atoms with E-state index < -0.39 is 6.10 Å². The van der Waals surface area contributed by atoms with Gasteiger partial charge in [0.2, 0.25) is 6.79 Å². The van der Waals surface area contributed by atoms with Crippen molar-refractivity contribution in [3.8, 4) is 17.2 Å². The highest BCUT2D eigenvalue weighted by molar-refractivity contribution is 5.46. The Balaban J connectivity index is 1.86. The van der Waals surface area contributed by atoms with Crippen LogP contribution in [0.4, 0.5) is 0 Å². The van der Waals surface area contributed by atoms with Crippen LogP contribution in [0.2, 0.25) is 0 Å². The van der Waals surface area contributed by atoms with E-state index in [2.05, 4.69) is 4.98 Å². The smallest absolute Gasteiger partial charge is 0.231 e. The van der Waals surface area contributed by atoms with Gasteiger partial charge in [-0.25, -0.2) is 0 Å². The topological polar surface area (TPSA) is 60.8 Å². The first-order chi connectivity index (χ1) is 10.1. The lowest BCUT2D eigenvalue weighted by atomic mass is 10.0. The van der Waals surface area contributed by atoms with Crippen LogP contribution in [0.5, 0.6) is 17.2 Å². The predicted molar refractivity (Wildman–Crippen MR) is 76.6 cm³/mol. The summed E-state index contributed by atoms with van der Waals surface area (Å²) in [6.07, 6.45) is 2.53. The minimum absolute atomic E-state index is 0.0599. The molecule has 0 amide bonds. The molecule has 0 bridgehead atoms. The van der Waals surface area contributed by atoms with Crippen LogP contribution < -0.4 is 14.2 Å². The van der Waals surface area contributed by atoms with Crippen LogP contribution in [0, 0.1) is 0 Å². The highest BCUT2D eigenvalue weighted by Crippen LogP contribution is 2.35. The Morgan fingerprint density at radius 1 is 1.10 bits per heavy atom. The summed E-state index contributed by atoms with van der Waals surface area (Å²) in [5.74, 6) is 1.98. The van der Waals surface area contributed by atoms with Gasteiger partial charge in [0.25, 0.3) is 0 Å². The molecule has 1 aromatic carbocycles. The summed E-state index contributed by atoms with van der Waals surface area (Å²) in [4.78, 5) is 4.12. The highest BCUT2D eigenvalue weighted by atomic mass is 16.7. The van der Waals surface area contributed by atoms with E-state index in [9.17, 15) is 5.11 Å². The zero-order valence-corrected chi connectivity index (χ0v) is 11.9. The highest BCUT2D eigenvalue weighted by Gasteiger charge is 2.18. The molecule has 1 aliphatic rings. The number of nitrogens with zero attached hydrogens (tertiary/aromatic N) is 1. The standard InChI is InChI=1S/C16H17NO4/c1-10(2)21-13-5-12(7-17-8-13)16(18)11-3-4-14-15(6-11)20-9-19-14/h3-8,10,16,18H,9H2,1-2H3. The molecule has 0 saturated heterocycles. The fraction of sp³-hybridized carbons (Fsp3) is 0.312. The Bertz CT molecular complexity index is 642. The number of benzene rings is 1. The van der Waals surface area contributed by atoms with E-state index in [-0.39, 0.29) is 12.9 Å². The molecule has 2 heterocycles. The maximum Gasteiger partial charge on any atom is 0.231 e. The molecule has 1 atom stereocenters. The van der Waals surface area contributed by atoms with Crippen LogP contribution in [0.3, 0.4) is 0 Å². The van der Waals surface area contributed by atoms with E-state index in [0.29, 0.717) is 22.8 Å². The maximum absolute atomic E-state index is 10.5. The number of hydrogen-bond donors (Lipinski definition) is 1. The van der Waals surface area contributed by atoms with Gasteiger partial charge in [-0.2, -0.15) is 0 Å². The molecule has 2 aromatic rings. The van der Waals surface area contributed by atoms with Gasteiger partial charge in [-0.05, 0) is 37.6 Å². The monoisotopic (exact) mass is 287 g/mol. The van der Waals surface area contributed by atoms with Gasteiger partial charge in [0.05, 0.1) is 12.3 Å². The minimum Gasteiger partial charge on any atom is -0.489 e. The van der Waals surface area contributed by atoms with Gasteiger partial charge in [0.1, 0.15) is 11.9 Å². The van der Waals surface area contributed by atoms with Crippen molar-refractivity contribution in [2.45, 2.75) is 26.1 Å². The Kier molecular flexibility index (Phi) is 3.66. The van der Waals surface area contributed by atoms with Crippen molar-refractivity contribution in [1.82, 2.24) is 4.98 Å². The zero-order valence-electron chi connectivity index (χ0n) is 11.9. The molecule has 3 rings (SSSR count). The van der Waals surface area contributed by atoms with Crippen LogP contribution in [-0.4, -0.2) is 23.0 Å². The summed E-state index contributed by atoms with van der Waals surface area (Å²) in [7, 11) is 0. The number of rotatable bonds is 4. The molecular weight excluding hydrogens is 270 g/mol. The van der Waals surface area contributed by atoms with Crippen LogP contribution in [0.1, 0.15) is 31.1 Å². The third-order valence-corrected chi connectivity index (χ3v) is 3.13. The van der Waals surface area contributed by atoms with E-state index in [1.54, 1.807) is 30.6 Å². The molecule has 21 heavy (non-hydrogen) atoms.